The zero-order chi connectivity index (χ0) is 17.9. The highest BCUT2D eigenvalue weighted by atomic mass is 32.2. The summed E-state index contributed by atoms with van der Waals surface area (Å²) < 4.78 is 2.04. The minimum atomic E-state index is -0.167. The van der Waals surface area contributed by atoms with Gasteiger partial charge in [-0.1, -0.05) is 17.8 Å². The maximum atomic E-state index is 12.9. The van der Waals surface area contributed by atoms with E-state index in [4.69, 9.17) is 0 Å². The van der Waals surface area contributed by atoms with Crippen molar-refractivity contribution < 1.29 is 4.79 Å². The number of carbonyl (C=O) groups excluding carboxylic acids is 1. The second-order valence-corrected chi connectivity index (χ2v) is 9.62. The van der Waals surface area contributed by atoms with Gasteiger partial charge in [0.25, 0.3) is 0 Å². The first-order valence-corrected chi connectivity index (χ1v) is 11.3. The lowest BCUT2D eigenvalue weighted by molar-refractivity contribution is -0.131. The zero-order valence-corrected chi connectivity index (χ0v) is 16.9. The SMILES string of the molecule is CC(Sc1nncn1CCc1cccs1)C(=O)N1CCc2sccc2C1. The minimum absolute atomic E-state index is 0.167. The summed E-state index contributed by atoms with van der Waals surface area (Å²) in [6.07, 6.45) is 3.68. The first kappa shape index (κ1) is 17.8. The highest BCUT2D eigenvalue weighted by molar-refractivity contribution is 8.00. The third kappa shape index (κ3) is 3.87. The van der Waals surface area contributed by atoms with Gasteiger partial charge in [-0.2, -0.15) is 0 Å². The number of carbonyl (C=O) groups is 1. The van der Waals surface area contributed by atoms with Crippen molar-refractivity contribution in [1.82, 2.24) is 19.7 Å². The molecule has 1 aliphatic heterocycles. The molecule has 1 amide bonds. The molecule has 1 unspecified atom stereocenters. The first-order valence-electron chi connectivity index (χ1n) is 8.61. The van der Waals surface area contributed by atoms with E-state index in [0.717, 1.165) is 37.6 Å². The predicted molar refractivity (Wildman–Crippen MR) is 107 cm³/mol. The number of hydrogen-bond acceptors (Lipinski definition) is 6. The molecule has 8 heteroatoms. The fourth-order valence-electron chi connectivity index (χ4n) is 3.08. The Balaban J connectivity index is 1.37. The molecule has 0 saturated carbocycles. The molecule has 3 aromatic heterocycles. The van der Waals surface area contributed by atoms with E-state index in [-0.39, 0.29) is 11.2 Å². The summed E-state index contributed by atoms with van der Waals surface area (Å²) in [4.78, 5) is 17.6. The van der Waals surface area contributed by atoms with Crippen molar-refractivity contribution in [3.63, 3.8) is 0 Å². The molecule has 0 aliphatic carbocycles. The third-order valence-corrected chi connectivity index (χ3v) is 7.55. The van der Waals surface area contributed by atoms with E-state index >= 15 is 0 Å². The summed E-state index contributed by atoms with van der Waals surface area (Å²) in [5, 5.41) is 13.1. The number of hydrogen-bond donors (Lipinski definition) is 0. The number of thioether (sulfide) groups is 1. The van der Waals surface area contributed by atoms with E-state index in [1.807, 2.05) is 16.4 Å². The van der Waals surface area contributed by atoms with E-state index in [1.54, 1.807) is 29.0 Å². The quantitative estimate of drug-likeness (QED) is 0.588. The number of nitrogens with zero attached hydrogens (tertiary/aromatic N) is 4. The van der Waals surface area contributed by atoms with Crippen molar-refractivity contribution in [3.8, 4) is 0 Å². The zero-order valence-electron chi connectivity index (χ0n) is 14.5. The molecule has 0 radical (unpaired) electrons. The Kier molecular flexibility index (Phi) is 5.42. The van der Waals surface area contributed by atoms with Crippen molar-refractivity contribution in [3.05, 3.63) is 50.6 Å². The summed E-state index contributed by atoms with van der Waals surface area (Å²) in [7, 11) is 0. The Labute approximate surface area is 165 Å². The molecule has 0 saturated heterocycles. The van der Waals surface area contributed by atoms with Gasteiger partial charge in [0.05, 0.1) is 5.25 Å². The van der Waals surface area contributed by atoms with Crippen LogP contribution in [0.2, 0.25) is 0 Å². The maximum Gasteiger partial charge on any atom is 0.236 e. The van der Waals surface area contributed by atoms with Crippen LogP contribution < -0.4 is 0 Å². The van der Waals surface area contributed by atoms with Crippen LogP contribution in [0, 0.1) is 0 Å². The average molecular weight is 405 g/mol. The molecule has 26 heavy (non-hydrogen) atoms. The van der Waals surface area contributed by atoms with Crippen molar-refractivity contribution in [2.75, 3.05) is 6.54 Å². The standard InChI is InChI=1S/C18H20N4OS3/c1-13(17(23)21-8-5-16-14(11-21)6-10-25-16)26-18-20-19-12-22(18)7-4-15-3-2-9-24-15/h2-3,6,9-10,12-13H,4-5,7-8,11H2,1H3. The molecule has 136 valence electrons. The average Bonchev–Trinajstić information content (AvgIpc) is 3.40. The van der Waals surface area contributed by atoms with Gasteiger partial charge in [0, 0.05) is 29.4 Å². The van der Waals surface area contributed by atoms with Crippen molar-refractivity contribution in [1.29, 1.82) is 0 Å². The Hall–Kier alpha value is -1.64. The van der Waals surface area contributed by atoms with E-state index in [9.17, 15) is 4.79 Å². The van der Waals surface area contributed by atoms with Crippen molar-refractivity contribution in [2.24, 2.45) is 0 Å². The van der Waals surface area contributed by atoms with Crippen LogP contribution in [0.25, 0.3) is 0 Å². The lowest BCUT2D eigenvalue weighted by atomic mass is 10.1. The summed E-state index contributed by atoms with van der Waals surface area (Å²) in [5.41, 5.74) is 1.30. The molecule has 0 aromatic carbocycles. The third-order valence-electron chi connectivity index (χ3n) is 4.51. The molecule has 0 N–H and O–H groups in total. The smallest absolute Gasteiger partial charge is 0.236 e. The topological polar surface area (TPSA) is 51.0 Å². The van der Waals surface area contributed by atoms with E-state index in [1.165, 1.54) is 27.1 Å². The fraction of sp³-hybridized carbons (Fsp3) is 0.389. The van der Waals surface area contributed by atoms with Gasteiger partial charge in [0.1, 0.15) is 6.33 Å². The number of amides is 1. The van der Waals surface area contributed by atoms with Crippen LogP contribution in [0.1, 0.15) is 22.2 Å². The Morgan fingerprint density at radius 2 is 2.27 bits per heavy atom. The van der Waals surface area contributed by atoms with Crippen LogP contribution in [0.15, 0.2) is 40.4 Å². The van der Waals surface area contributed by atoms with Gasteiger partial charge in [0.2, 0.25) is 5.91 Å². The second kappa shape index (κ2) is 7.94. The molecule has 1 aliphatic rings. The summed E-state index contributed by atoms with van der Waals surface area (Å²) >= 11 is 5.06. The molecule has 1 atom stereocenters. The van der Waals surface area contributed by atoms with Crippen LogP contribution in [0.5, 0.6) is 0 Å². The largest absolute Gasteiger partial charge is 0.337 e. The summed E-state index contributed by atoms with van der Waals surface area (Å²) in [5.74, 6) is 0.180. The number of aromatic nitrogens is 3. The summed E-state index contributed by atoms with van der Waals surface area (Å²) in [6.45, 7) is 4.34. The second-order valence-electron chi connectivity index (χ2n) is 6.28. The molecule has 0 fully saturated rings. The predicted octanol–water partition coefficient (Wildman–Crippen LogP) is 3.71. The fourth-order valence-corrected chi connectivity index (χ4v) is 5.60. The molecule has 3 aromatic rings. The molecule has 5 nitrogen and oxygen atoms in total. The van der Waals surface area contributed by atoms with E-state index < -0.39 is 0 Å². The van der Waals surface area contributed by atoms with Gasteiger partial charge in [-0.05, 0) is 48.2 Å². The van der Waals surface area contributed by atoms with Gasteiger partial charge in [-0.25, -0.2) is 0 Å². The minimum Gasteiger partial charge on any atom is -0.337 e. The molecule has 0 spiro atoms. The monoisotopic (exact) mass is 404 g/mol. The van der Waals surface area contributed by atoms with Gasteiger partial charge >= 0.3 is 0 Å². The van der Waals surface area contributed by atoms with Gasteiger partial charge in [-0.3, -0.25) is 4.79 Å². The molecular formula is C18H20N4OS3. The van der Waals surface area contributed by atoms with Crippen LogP contribution >= 0.6 is 34.4 Å². The molecule has 4 heterocycles. The van der Waals surface area contributed by atoms with Crippen molar-refractivity contribution in [2.45, 2.75) is 43.3 Å². The highest BCUT2D eigenvalue weighted by Gasteiger charge is 2.27. The summed E-state index contributed by atoms with van der Waals surface area (Å²) in [6, 6.07) is 6.35. The number of aryl methyl sites for hydroxylation is 2. The Morgan fingerprint density at radius 3 is 3.12 bits per heavy atom. The normalized spacial score (nSPS) is 15.0. The van der Waals surface area contributed by atoms with Crippen LogP contribution in [-0.2, 0) is 30.7 Å². The number of rotatable bonds is 6. The van der Waals surface area contributed by atoms with Crippen LogP contribution in [0.3, 0.4) is 0 Å². The van der Waals surface area contributed by atoms with Gasteiger partial charge < -0.3 is 9.47 Å². The van der Waals surface area contributed by atoms with E-state index in [0.29, 0.717) is 0 Å². The lowest BCUT2D eigenvalue weighted by Crippen LogP contribution is -2.39. The van der Waals surface area contributed by atoms with E-state index in [2.05, 4.69) is 39.2 Å². The Morgan fingerprint density at radius 1 is 1.35 bits per heavy atom. The Bertz CT molecular complexity index is 871. The maximum absolute atomic E-state index is 12.9. The van der Waals surface area contributed by atoms with Gasteiger partial charge in [0.15, 0.2) is 5.16 Å². The highest BCUT2D eigenvalue weighted by Crippen LogP contribution is 2.28. The number of thiophene rings is 2. The number of fused-ring (bicyclic) bond motifs is 1. The molecule has 4 rings (SSSR count). The molecular weight excluding hydrogens is 384 g/mol. The molecule has 0 bridgehead atoms. The van der Waals surface area contributed by atoms with Crippen LogP contribution in [-0.4, -0.2) is 37.4 Å². The van der Waals surface area contributed by atoms with Crippen LogP contribution in [0.4, 0.5) is 0 Å². The van der Waals surface area contributed by atoms with Crippen molar-refractivity contribution >= 4 is 40.3 Å². The van der Waals surface area contributed by atoms with Gasteiger partial charge in [-0.15, -0.1) is 32.9 Å². The lowest BCUT2D eigenvalue weighted by Gasteiger charge is -2.29. The first-order chi connectivity index (χ1) is 12.7.